The Labute approximate surface area is 875 Å². The van der Waals surface area contributed by atoms with E-state index >= 15 is 0 Å². The molecule has 0 aromatic rings. The van der Waals surface area contributed by atoms with E-state index in [0.717, 1.165) is 56.7 Å². The first-order valence-corrected chi connectivity index (χ1v) is 27.9. The van der Waals surface area contributed by atoms with Crippen LogP contribution in [0, 0.1) is 43.5 Å². The van der Waals surface area contributed by atoms with E-state index in [1.807, 2.05) is 132 Å². The minimum Gasteiger partial charge on any atom is -1.00 e. The van der Waals surface area contributed by atoms with Gasteiger partial charge in [0, 0.05) is 74.6 Å². The first kappa shape index (κ1) is 239. The predicted octanol–water partition coefficient (Wildman–Crippen LogP) is -5.44. The zero-order chi connectivity index (χ0) is 72.8. The number of ether oxygens (including phenoxy) is 2. The van der Waals surface area contributed by atoms with Crippen molar-refractivity contribution >= 4 is 108 Å². The number of alkyl halides is 2. The summed E-state index contributed by atoms with van der Waals surface area (Å²) in [5.74, 6) is 6.88. The molecule has 0 rings (SSSR count). The maximum Gasteiger partial charge on any atom is 1.00 e. The molecular weight excluding hydrogens is 1670 g/mol. The Kier molecular flexibility index (Phi) is 936. The van der Waals surface area contributed by atoms with Crippen molar-refractivity contribution in [3.63, 3.8) is 0 Å². The number of hydrogen-bond donors (Lipinski definition) is 3. The maximum atomic E-state index is 11.3. The Morgan fingerprint density at radius 1 is 0.558 bits per heavy atom. The molecule has 0 aliphatic heterocycles. The number of aliphatic hydroxyl groups is 3. The number of aldehydes is 2. The van der Waals surface area contributed by atoms with E-state index in [-0.39, 0.29) is 401 Å². The van der Waals surface area contributed by atoms with Crippen LogP contribution >= 0.6 is 65.8 Å². The summed E-state index contributed by atoms with van der Waals surface area (Å²) in [6.45, 7) is 57.4. The number of rotatable bonds is 6. The van der Waals surface area contributed by atoms with Gasteiger partial charge in [-0.3, -0.25) is 9.59 Å². The molecule has 0 saturated heterocycles. The summed E-state index contributed by atoms with van der Waals surface area (Å²) in [5, 5.41) is 42.7. The van der Waals surface area contributed by atoms with Gasteiger partial charge in [0.15, 0.2) is 5.83 Å². The monoisotopic (exact) mass is 1790 g/mol. The van der Waals surface area contributed by atoms with Gasteiger partial charge in [-0.2, -0.15) is 32.8 Å². The molecule has 0 atom stereocenters. The summed E-state index contributed by atoms with van der Waals surface area (Å²) in [4.78, 5) is 40.5. The van der Waals surface area contributed by atoms with E-state index < -0.39 is 41.3 Å². The molecule has 0 heterocycles. The van der Waals surface area contributed by atoms with E-state index in [2.05, 4.69) is 95.1 Å². The average molecular weight is 1800 g/mol. The van der Waals surface area contributed by atoms with Gasteiger partial charge in [-0.25, -0.2) is 13.2 Å². The van der Waals surface area contributed by atoms with Crippen molar-refractivity contribution in [3.05, 3.63) is 42.6 Å². The first-order chi connectivity index (χ1) is 38.4. The predicted molar refractivity (Wildman–Crippen MR) is 376 cm³/mol. The van der Waals surface area contributed by atoms with Crippen molar-refractivity contribution in [3.8, 4) is 36.5 Å². The largest absolute Gasteiger partial charge is 1.00 e. The molecule has 0 aromatic carbocycles. The van der Waals surface area contributed by atoms with Crippen molar-refractivity contribution in [2.45, 2.75) is 226 Å². The van der Waals surface area contributed by atoms with Gasteiger partial charge in [0.05, 0.1) is 0 Å². The SMILES string of the molecule is Br.Br.C#CC.C#CC(C)(C)O.C/C(F)=C(/C)F.CC.CC.CC.CC.CC.CC.CC#CC.CC(F)=C(F)F.CC=O.CCBr.CCBr.CCC=O.CCO.CCO.CCOC.CCOC.FC(F)=C(F)F.O=CO[O-].O=CO[O-].[B].[B].[CH2-]CCC.[H-].[H-].[H-].[H-].[K+].[K+].[K+].[K+].[Li+].[Na+].[Na+].[Na+].[OH-]. The molecule has 0 fully saturated rings. The van der Waals surface area contributed by atoms with Crippen molar-refractivity contribution in [2.24, 2.45) is 0 Å². The van der Waals surface area contributed by atoms with E-state index in [9.17, 15) is 44.3 Å². The molecule has 37 heteroatoms. The maximum absolute atomic E-state index is 11.3. The first-order valence-electron chi connectivity index (χ1n) is 25.7. The number of unbranched alkanes of at least 4 members (excludes halogenated alkanes) is 1. The third-order valence-electron chi connectivity index (χ3n) is 2.66. The summed E-state index contributed by atoms with van der Waals surface area (Å²) < 4.78 is 105. The minimum atomic E-state index is -2.91. The van der Waals surface area contributed by atoms with Gasteiger partial charge in [0.25, 0.3) is 12.9 Å². The minimum absolute atomic E-state index is 0. The Hall–Kier alpha value is 7.42. The molecule has 0 aromatic heterocycles. The second kappa shape index (κ2) is 372. The summed E-state index contributed by atoms with van der Waals surface area (Å²) in [7, 11) is 3.36. The fraction of sp³-hybridized carbons (Fsp3) is 0.707. The van der Waals surface area contributed by atoms with E-state index in [1.54, 1.807) is 48.8 Å². The van der Waals surface area contributed by atoms with Crippen LogP contribution in [0.15, 0.2) is 35.7 Å². The zero-order valence-corrected chi connectivity index (χ0v) is 92.1. The van der Waals surface area contributed by atoms with Crippen molar-refractivity contribution in [1.29, 1.82) is 0 Å². The average Bonchev–Trinajstić information content (AvgIpc) is 3.48. The van der Waals surface area contributed by atoms with Gasteiger partial charge < -0.3 is 72.8 Å². The van der Waals surface area contributed by atoms with Crippen LogP contribution in [0.2, 0.25) is 0 Å². The molecule has 0 aliphatic rings. The molecule has 6 radical (unpaired) electrons. The molecule has 550 valence electrons. The second-order valence-electron chi connectivity index (χ2n) is 9.24. The Morgan fingerprint density at radius 3 is 0.653 bits per heavy atom. The Balaban J connectivity index is -0.00000000967. The van der Waals surface area contributed by atoms with Gasteiger partial charge >= 0.3 is 331 Å². The fourth-order valence-electron chi connectivity index (χ4n) is 0. The van der Waals surface area contributed by atoms with Crippen molar-refractivity contribution in [2.75, 3.05) is 51.3 Å². The molecule has 0 bridgehead atoms. The van der Waals surface area contributed by atoms with E-state index in [4.69, 9.17) is 46.6 Å². The molecule has 0 saturated carbocycles. The molecule has 0 amide bonds. The third-order valence-corrected chi connectivity index (χ3v) is 2.66. The standard InChI is InChI=1S/C5H8O.C4H6F2.C4H9.C4H6.C3H3F3.2C3H8O.C3H6O.C3H4.2C2H5Br.C2F4.2C2H6O.C2H4O.6C2H6.2CH2O3.2B.2BrH.4K.Li.3Na.H2O.4H/c1-4-5(2,3)6;1-3(5)4(2)6;2*1-3-4-2;1-2(4)3(5)6;2*1-3-4-2;1-2-3-4;1-3-2;2*1-2-3;3-1(4)2(5)6;3*1-2-3;6*1-2;2*2-1-4-3;;;;;;;;;;;;;;;;;/h1,6H,2-3H3;1-2H3;1,3-4H2,2H3;1-2H3;1H3;2*3H2,1-2H3;3H,2H2,1H3;1H,2H3;2*2H2,1H3;;2*3H,2H2,1H3;2H,1H3;6*1-2H3;2*1,3H;;;2*1H;;;;;;;;;1H2;;;;/q;;-1;;;;;;;;;;;;;;;;;;;;;;;;;8*+1;;4*-1/p-3/b;4-3+;;;;;;;;;;;;;;;;;;;;;;;;;;;;;;;;;;;;;;. The molecule has 0 spiro atoms. The van der Waals surface area contributed by atoms with Crippen molar-refractivity contribution in [1.82, 2.24) is 0 Å². The quantitative estimate of drug-likeness (QED) is 0.0329. The summed E-state index contributed by atoms with van der Waals surface area (Å²) >= 11 is 6.29. The van der Waals surface area contributed by atoms with Crippen LogP contribution in [-0.4, -0.2) is 120 Å². The molecular formula is C58H129B2Br4F9K4LiNa3O14. The number of methoxy groups -OCH3 is 2. The van der Waals surface area contributed by atoms with Crippen LogP contribution in [0.3, 0.4) is 0 Å². The fourth-order valence-corrected chi connectivity index (χ4v) is 0. The number of carbonyl (C=O) groups excluding carboxylic acids is 4. The Morgan fingerprint density at radius 2 is 0.653 bits per heavy atom. The Bertz CT molecular complexity index is 1060. The van der Waals surface area contributed by atoms with Crippen LogP contribution in [0.4, 0.5) is 39.5 Å². The zero-order valence-electron chi connectivity index (χ0n) is 71.0. The normalized spacial score (nSPS) is 5.71. The molecule has 0 unspecified atom stereocenters. The number of aliphatic hydroxyl groups excluding tert-OH is 2. The molecule has 14 nitrogen and oxygen atoms in total. The van der Waals surface area contributed by atoms with Crippen LogP contribution in [0.1, 0.15) is 226 Å². The number of terminal acetylenes is 2. The van der Waals surface area contributed by atoms with Crippen LogP contribution < -0.4 is 324 Å². The van der Waals surface area contributed by atoms with Gasteiger partial charge in [-0.15, -0.1) is 64.6 Å². The van der Waals surface area contributed by atoms with Gasteiger partial charge in [-0.05, 0) is 90.0 Å². The number of hydrogen-bond acceptors (Lipinski definition) is 14. The van der Waals surface area contributed by atoms with Gasteiger partial charge in [-0.1, -0.05) is 155 Å². The second-order valence-corrected chi connectivity index (χ2v) is 11.5. The van der Waals surface area contributed by atoms with Crippen LogP contribution in [0.5, 0.6) is 0 Å². The topological polar surface area (TPSA) is 242 Å². The summed E-state index contributed by atoms with van der Waals surface area (Å²) in [6.07, 6.45) is 5.89. The van der Waals surface area contributed by atoms with Gasteiger partial charge in [0.1, 0.15) is 29.8 Å². The smallest absolute Gasteiger partial charge is 1.00 e. The number of halogens is 13. The van der Waals surface area contributed by atoms with E-state index in [1.165, 1.54) is 13.3 Å². The summed E-state index contributed by atoms with van der Waals surface area (Å²) in [5.41, 5.74) is -0.931. The summed E-state index contributed by atoms with van der Waals surface area (Å²) in [6, 6.07) is 0. The van der Waals surface area contributed by atoms with Crippen LogP contribution in [-0.2, 0) is 38.4 Å². The van der Waals surface area contributed by atoms with E-state index in [0.29, 0.717) is 13.3 Å². The number of allylic oxidation sites excluding steroid dienone is 3. The molecule has 95 heavy (non-hydrogen) atoms. The third kappa shape index (κ3) is 1160. The van der Waals surface area contributed by atoms with Gasteiger partial charge in [0.2, 0.25) is 0 Å². The molecule has 4 N–H and O–H groups in total. The van der Waals surface area contributed by atoms with Crippen LogP contribution in [0.25, 0.3) is 0 Å². The van der Waals surface area contributed by atoms with Crippen molar-refractivity contribution < 1.29 is 428 Å². The molecule has 0 aliphatic carbocycles. The number of carbonyl (C=O) groups is 4.